The number of halogens is 1. The van der Waals surface area contributed by atoms with Gasteiger partial charge in [-0.1, -0.05) is 0 Å². The van der Waals surface area contributed by atoms with Gasteiger partial charge in [0.1, 0.15) is 6.04 Å². The van der Waals surface area contributed by atoms with Crippen LogP contribution in [0.5, 0.6) is 0 Å². The molecular weight excluding hydrogens is 240 g/mol. The van der Waals surface area contributed by atoms with Gasteiger partial charge in [0, 0.05) is 19.1 Å². The van der Waals surface area contributed by atoms with E-state index in [4.69, 9.17) is 10.5 Å². The smallest absolute Gasteiger partial charge is 0.323 e. The molecule has 2 N–H and O–H groups in total. The summed E-state index contributed by atoms with van der Waals surface area (Å²) in [6.45, 7) is 6.22. The van der Waals surface area contributed by atoms with Crippen molar-refractivity contribution in [3.63, 3.8) is 0 Å². The van der Waals surface area contributed by atoms with E-state index in [0.29, 0.717) is 24.5 Å². The number of carbonyl (C=O) groups is 1. The molecule has 0 bridgehead atoms. The molecule has 0 aromatic heterocycles. The Morgan fingerprint density at radius 2 is 2.18 bits per heavy atom. The van der Waals surface area contributed by atoms with Crippen molar-refractivity contribution in [3.05, 3.63) is 0 Å². The zero-order valence-corrected chi connectivity index (χ0v) is 11.4. The predicted octanol–water partition coefficient (Wildman–Crippen LogP) is 1.03. The molecule has 2 rings (SSSR count). The number of rotatable bonds is 3. The number of esters is 1. The maximum absolute atomic E-state index is 11.6. The molecule has 5 heteroatoms. The lowest BCUT2D eigenvalue weighted by Gasteiger charge is -2.23. The monoisotopic (exact) mass is 262 g/mol. The fourth-order valence-corrected chi connectivity index (χ4v) is 3.07. The van der Waals surface area contributed by atoms with Gasteiger partial charge < -0.3 is 10.5 Å². The lowest BCUT2D eigenvalue weighted by atomic mass is 9.98. The van der Waals surface area contributed by atoms with Crippen LogP contribution in [0.3, 0.4) is 0 Å². The van der Waals surface area contributed by atoms with Gasteiger partial charge in [-0.15, -0.1) is 12.4 Å². The molecule has 0 spiro atoms. The molecule has 0 radical (unpaired) electrons. The minimum Gasteiger partial charge on any atom is -0.465 e. The second-order valence-electron chi connectivity index (χ2n) is 5.05. The van der Waals surface area contributed by atoms with Crippen molar-refractivity contribution in [2.24, 2.45) is 17.6 Å². The van der Waals surface area contributed by atoms with Crippen molar-refractivity contribution < 1.29 is 9.53 Å². The molecule has 0 aromatic rings. The van der Waals surface area contributed by atoms with Crippen LogP contribution >= 0.6 is 12.4 Å². The molecule has 1 saturated heterocycles. The van der Waals surface area contributed by atoms with E-state index in [1.54, 1.807) is 0 Å². The molecular formula is C12H23ClN2O2. The standard InChI is InChI=1S/C12H22N2O2.ClH/c1-3-16-12(15)8(2)14-6-9-4-5-11(13)10(9)7-14;/h8-11H,3-7,13H2,1-2H3;1H. The zero-order valence-electron chi connectivity index (χ0n) is 10.6. The second kappa shape index (κ2) is 6.03. The number of ether oxygens (including phenoxy) is 1. The second-order valence-corrected chi connectivity index (χ2v) is 5.05. The number of carbonyl (C=O) groups excluding carboxylic acids is 1. The Morgan fingerprint density at radius 1 is 1.47 bits per heavy atom. The van der Waals surface area contributed by atoms with Crippen molar-refractivity contribution in [1.29, 1.82) is 0 Å². The average molecular weight is 263 g/mol. The SMILES string of the molecule is CCOC(=O)C(C)N1CC2CCC(N)C2C1.Cl. The molecule has 4 nitrogen and oxygen atoms in total. The van der Waals surface area contributed by atoms with Crippen LogP contribution in [0, 0.1) is 11.8 Å². The lowest BCUT2D eigenvalue weighted by Crippen LogP contribution is -2.40. The third-order valence-electron chi connectivity index (χ3n) is 4.12. The van der Waals surface area contributed by atoms with E-state index < -0.39 is 0 Å². The first kappa shape index (κ1) is 14.7. The molecule has 0 aromatic carbocycles. The van der Waals surface area contributed by atoms with E-state index in [-0.39, 0.29) is 24.4 Å². The van der Waals surface area contributed by atoms with Crippen LogP contribution in [-0.4, -0.2) is 42.6 Å². The Bertz CT molecular complexity index is 275. The van der Waals surface area contributed by atoms with E-state index >= 15 is 0 Å². The largest absolute Gasteiger partial charge is 0.465 e. The summed E-state index contributed by atoms with van der Waals surface area (Å²) in [6.07, 6.45) is 2.37. The predicted molar refractivity (Wildman–Crippen MR) is 69.1 cm³/mol. The fourth-order valence-electron chi connectivity index (χ4n) is 3.07. The Balaban J connectivity index is 0.00000144. The quantitative estimate of drug-likeness (QED) is 0.772. The molecule has 0 amide bonds. The third kappa shape index (κ3) is 2.92. The number of hydrogen-bond donors (Lipinski definition) is 1. The van der Waals surface area contributed by atoms with Crippen molar-refractivity contribution in [3.8, 4) is 0 Å². The van der Waals surface area contributed by atoms with Crippen molar-refractivity contribution in [2.75, 3.05) is 19.7 Å². The molecule has 4 unspecified atom stereocenters. The van der Waals surface area contributed by atoms with Gasteiger partial charge in [0.25, 0.3) is 0 Å². The van der Waals surface area contributed by atoms with E-state index in [1.807, 2.05) is 13.8 Å². The van der Waals surface area contributed by atoms with Gasteiger partial charge in [0.15, 0.2) is 0 Å². The van der Waals surface area contributed by atoms with E-state index in [0.717, 1.165) is 19.5 Å². The van der Waals surface area contributed by atoms with Crippen LogP contribution in [0.2, 0.25) is 0 Å². The maximum atomic E-state index is 11.6. The fraction of sp³-hybridized carbons (Fsp3) is 0.917. The summed E-state index contributed by atoms with van der Waals surface area (Å²) < 4.78 is 5.05. The van der Waals surface area contributed by atoms with Crippen LogP contribution in [0.15, 0.2) is 0 Å². The molecule has 1 aliphatic heterocycles. The number of nitrogens with zero attached hydrogens (tertiary/aromatic N) is 1. The van der Waals surface area contributed by atoms with Crippen molar-refractivity contribution >= 4 is 18.4 Å². The van der Waals surface area contributed by atoms with Crippen LogP contribution in [0.25, 0.3) is 0 Å². The van der Waals surface area contributed by atoms with E-state index in [9.17, 15) is 4.79 Å². The molecule has 17 heavy (non-hydrogen) atoms. The van der Waals surface area contributed by atoms with Gasteiger partial charge in [0.05, 0.1) is 6.61 Å². The third-order valence-corrected chi connectivity index (χ3v) is 4.12. The van der Waals surface area contributed by atoms with Crippen LogP contribution in [0.1, 0.15) is 26.7 Å². The maximum Gasteiger partial charge on any atom is 0.323 e. The normalized spacial score (nSPS) is 33.9. The minimum absolute atomic E-state index is 0. The number of nitrogens with two attached hydrogens (primary N) is 1. The van der Waals surface area contributed by atoms with Gasteiger partial charge in [-0.2, -0.15) is 0 Å². The Kier molecular flexibility index (Phi) is 5.22. The summed E-state index contributed by atoms with van der Waals surface area (Å²) in [5.74, 6) is 1.19. The van der Waals surface area contributed by atoms with Crippen LogP contribution < -0.4 is 5.73 Å². The first-order valence-corrected chi connectivity index (χ1v) is 6.29. The minimum atomic E-state index is -0.113. The zero-order chi connectivity index (χ0) is 11.7. The van der Waals surface area contributed by atoms with Gasteiger partial charge >= 0.3 is 5.97 Å². The summed E-state index contributed by atoms with van der Waals surface area (Å²) in [7, 11) is 0. The average Bonchev–Trinajstić information content (AvgIpc) is 2.81. The van der Waals surface area contributed by atoms with E-state index in [2.05, 4.69) is 4.90 Å². The summed E-state index contributed by atoms with van der Waals surface area (Å²) in [5.41, 5.74) is 6.07. The summed E-state index contributed by atoms with van der Waals surface area (Å²) in [4.78, 5) is 13.9. The van der Waals surface area contributed by atoms with Crippen molar-refractivity contribution in [2.45, 2.75) is 38.8 Å². The molecule has 1 saturated carbocycles. The first-order valence-electron chi connectivity index (χ1n) is 6.29. The summed E-state index contributed by atoms with van der Waals surface area (Å²) in [6, 6.07) is 0.224. The Hall–Kier alpha value is -0.320. The molecule has 1 heterocycles. The molecule has 100 valence electrons. The Morgan fingerprint density at radius 3 is 2.76 bits per heavy atom. The number of fused-ring (bicyclic) bond motifs is 1. The van der Waals surface area contributed by atoms with E-state index in [1.165, 1.54) is 6.42 Å². The molecule has 2 aliphatic rings. The lowest BCUT2D eigenvalue weighted by molar-refractivity contribution is -0.148. The van der Waals surface area contributed by atoms with Gasteiger partial charge in [-0.05, 0) is 38.5 Å². The van der Waals surface area contributed by atoms with Gasteiger partial charge in [-0.3, -0.25) is 9.69 Å². The highest BCUT2D eigenvalue weighted by Gasteiger charge is 2.43. The highest BCUT2D eigenvalue weighted by Crippen LogP contribution is 2.37. The molecule has 4 atom stereocenters. The summed E-state index contributed by atoms with van der Waals surface area (Å²) >= 11 is 0. The molecule has 2 fully saturated rings. The number of likely N-dealkylation sites (tertiary alicyclic amines) is 1. The highest BCUT2D eigenvalue weighted by molar-refractivity contribution is 5.85. The van der Waals surface area contributed by atoms with Crippen molar-refractivity contribution in [1.82, 2.24) is 4.90 Å². The van der Waals surface area contributed by atoms with Gasteiger partial charge in [-0.25, -0.2) is 0 Å². The van der Waals surface area contributed by atoms with Gasteiger partial charge in [0.2, 0.25) is 0 Å². The van der Waals surface area contributed by atoms with Crippen LogP contribution in [-0.2, 0) is 9.53 Å². The van der Waals surface area contributed by atoms with Crippen LogP contribution in [0.4, 0.5) is 0 Å². The molecule has 1 aliphatic carbocycles. The highest BCUT2D eigenvalue weighted by atomic mass is 35.5. The number of hydrogen-bond acceptors (Lipinski definition) is 4. The first-order chi connectivity index (χ1) is 7.63. The summed E-state index contributed by atoms with van der Waals surface area (Å²) in [5, 5.41) is 0. The topological polar surface area (TPSA) is 55.6 Å². The Labute approximate surface area is 109 Å².